The molecule has 4 bridgehead atoms. The van der Waals surface area contributed by atoms with Gasteiger partial charge in [-0.25, -0.2) is 9.78 Å². The number of alkyl carbamates (subject to hydrolysis) is 1. The van der Waals surface area contributed by atoms with Crippen LogP contribution in [0.3, 0.4) is 0 Å². The molecule has 1 saturated carbocycles. The normalized spacial score (nSPS) is 24.0. The highest BCUT2D eigenvalue weighted by molar-refractivity contribution is 8.00. The molecule has 2 atom stereocenters. The molecule has 1 fully saturated rings. The maximum absolute atomic E-state index is 12.0. The van der Waals surface area contributed by atoms with E-state index >= 15 is 0 Å². The van der Waals surface area contributed by atoms with E-state index in [2.05, 4.69) is 94.0 Å². The molecule has 5 rings (SSSR count). The second-order valence-electron chi connectivity index (χ2n) is 13.2. The van der Waals surface area contributed by atoms with E-state index in [4.69, 9.17) is 19.4 Å². The fraction of sp³-hybridized carbons (Fsp3) is 0.485. The van der Waals surface area contributed by atoms with E-state index in [1.54, 1.807) is 0 Å². The van der Waals surface area contributed by atoms with Crippen LogP contribution in [0, 0.1) is 31.1 Å². The minimum atomic E-state index is -0.372. The number of amides is 1. The molecule has 8 heteroatoms. The van der Waals surface area contributed by atoms with Gasteiger partial charge in [-0.15, -0.1) is 0 Å². The molecule has 41 heavy (non-hydrogen) atoms. The van der Waals surface area contributed by atoms with E-state index in [9.17, 15) is 4.79 Å². The van der Waals surface area contributed by atoms with Crippen LogP contribution in [-0.4, -0.2) is 35.3 Å². The highest BCUT2D eigenvalue weighted by atomic mass is 32.2. The van der Waals surface area contributed by atoms with Crippen molar-refractivity contribution in [1.82, 2.24) is 15.3 Å². The summed E-state index contributed by atoms with van der Waals surface area (Å²) in [6.07, 6.45) is 2.39. The molecule has 1 aliphatic carbocycles. The van der Waals surface area contributed by atoms with Gasteiger partial charge in [-0.05, 0) is 98.1 Å². The van der Waals surface area contributed by atoms with Gasteiger partial charge in [0.1, 0.15) is 0 Å². The molecule has 1 aliphatic heterocycles. The number of carbonyl (C=O) groups excluding carboxylic acids is 1. The number of anilines is 1. The van der Waals surface area contributed by atoms with Crippen LogP contribution in [0.5, 0.6) is 5.88 Å². The molecule has 2 heterocycles. The first-order valence-electron chi connectivity index (χ1n) is 14.4. The zero-order valence-corrected chi connectivity index (χ0v) is 26.0. The van der Waals surface area contributed by atoms with Crippen LogP contribution in [0.1, 0.15) is 69.6 Å². The topological polar surface area (TPSA) is 85.4 Å². The van der Waals surface area contributed by atoms with E-state index in [0.717, 1.165) is 35.4 Å². The zero-order chi connectivity index (χ0) is 29.4. The molecule has 0 saturated heterocycles. The van der Waals surface area contributed by atoms with Gasteiger partial charge < -0.3 is 14.8 Å². The lowest BCUT2D eigenvalue weighted by Gasteiger charge is -2.51. The standard InChI is InChI=1S/C33H42N4O3S/c1-20-10-8-11-21(2)28(20)26-15-27-35-30(34-26)37-41-25-13-9-12-22(14-25)29(24(19-40-27)16-32(3,4)5)23-17-33(6,18-23)36-31(38)39-7/h8-15,23-24,29H,16-19H2,1-7H3,(H,36,38)(H,34,35,37). The van der Waals surface area contributed by atoms with Crippen LogP contribution in [0.15, 0.2) is 53.4 Å². The molecule has 2 aliphatic rings. The number of aryl methyl sites for hydroxylation is 2. The molecule has 1 aromatic heterocycles. The third kappa shape index (κ3) is 6.80. The predicted octanol–water partition coefficient (Wildman–Crippen LogP) is 7.93. The Labute approximate surface area is 248 Å². The van der Waals surface area contributed by atoms with Gasteiger partial charge >= 0.3 is 6.09 Å². The van der Waals surface area contributed by atoms with Crippen LogP contribution in [-0.2, 0) is 4.74 Å². The third-order valence-electron chi connectivity index (χ3n) is 8.29. The lowest BCUT2D eigenvalue weighted by Crippen LogP contribution is -2.57. The molecule has 2 N–H and O–H groups in total. The van der Waals surface area contributed by atoms with Crippen LogP contribution in [0.2, 0.25) is 0 Å². The van der Waals surface area contributed by atoms with Crippen molar-refractivity contribution >= 4 is 24.0 Å². The van der Waals surface area contributed by atoms with Gasteiger partial charge in [-0.3, -0.25) is 4.72 Å². The number of fused-ring (bicyclic) bond motifs is 4. The monoisotopic (exact) mass is 574 g/mol. The summed E-state index contributed by atoms with van der Waals surface area (Å²) in [6, 6.07) is 17.1. The Hall–Kier alpha value is -3.26. The highest BCUT2D eigenvalue weighted by Gasteiger charge is 2.48. The summed E-state index contributed by atoms with van der Waals surface area (Å²) in [5.41, 5.74) is 5.44. The Morgan fingerprint density at radius 1 is 1.12 bits per heavy atom. The number of benzene rings is 2. The van der Waals surface area contributed by atoms with Gasteiger partial charge in [0, 0.05) is 28.0 Å². The fourth-order valence-corrected chi connectivity index (χ4v) is 7.37. The van der Waals surface area contributed by atoms with Crippen molar-refractivity contribution < 1.29 is 14.3 Å². The quantitative estimate of drug-likeness (QED) is 0.306. The van der Waals surface area contributed by atoms with Gasteiger partial charge in [0.25, 0.3) is 0 Å². The summed E-state index contributed by atoms with van der Waals surface area (Å²) in [6.45, 7) is 13.8. The van der Waals surface area contributed by atoms with Gasteiger partial charge in [0.15, 0.2) is 0 Å². The van der Waals surface area contributed by atoms with Gasteiger partial charge in [0.05, 0.1) is 19.4 Å². The summed E-state index contributed by atoms with van der Waals surface area (Å²) < 4.78 is 14.9. The summed E-state index contributed by atoms with van der Waals surface area (Å²) >= 11 is 1.52. The van der Waals surface area contributed by atoms with Crippen molar-refractivity contribution in [3.05, 3.63) is 65.2 Å². The van der Waals surface area contributed by atoms with Crippen molar-refractivity contribution in [1.29, 1.82) is 0 Å². The van der Waals surface area contributed by atoms with Gasteiger partial charge in [-0.1, -0.05) is 51.1 Å². The Morgan fingerprint density at radius 3 is 2.51 bits per heavy atom. The smallest absolute Gasteiger partial charge is 0.407 e. The third-order valence-corrected chi connectivity index (χ3v) is 9.07. The minimum Gasteiger partial charge on any atom is -0.477 e. The van der Waals surface area contributed by atoms with E-state index < -0.39 is 0 Å². The number of ether oxygens (including phenoxy) is 2. The fourth-order valence-electron chi connectivity index (χ4n) is 6.73. The Kier molecular flexibility index (Phi) is 8.24. The van der Waals surface area contributed by atoms with Crippen LogP contribution >= 0.6 is 11.9 Å². The van der Waals surface area contributed by atoms with E-state index in [0.29, 0.717) is 24.4 Å². The maximum atomic E-state index is 12.0. The number of nitrogens with zero attached hydrogens (tertiary/aromatic N) is 2. The molecule has 2 aromatic carbocycles. The molecular formula is C33H42N4O3S. The first-order valence-corrected chi connectivity index (χ1v) is 15.2. The van der Waals surface area contributed by atoms with Crippen molar-refractivity contribution in [3.8, 4) is 17.1 Å². The largest absolute Gasteiger partial charge is 0.477 e. The van der Waals surface area contributed by atoms with Gasteiger partial charge in [0.2, 0.25) is 11.8 Å². The first kappa shape index (κ1) is 29.2. The molecule has 0 radical (unpaired) electrons. The van der Waals surface area contributed by atoms with Crippen LogP contribution in [0.4, 0.5) is 10.7 Å². The Morgan fingerprint density at radius 2 is 1.83 bits per heavy atom. The summed E-state index contributed by atoms with van der Waals surface area (Å²) in [7, 11) is 1.42. The summed E-state index contributed by atoms with van der Waals surface area (Å²) in [4.78, 5) is 22.8. The number of rotatable bonds is 4. The van der Waals surface area contributed by atoms with Crippen molar-refractivity contribution in [2.24, 2.45) is 17.3 Å². The minimum absolute atomic E-state index is 0.106. The van der Waals surface area contributed by atoms with Crippen molar-refractivity contribution in [2.45, 2.75) is 77.2 Å². The second-order valence-corrected chi connectivity index (χ2v) is 14.0. The average Bonchev–Trinajstić information content (AvgIpc) is 2.88. The summed E-state index contributed by atoms with van der Waals surface area (Å²) in [5.74, 6) is 2.02. The molecule has 3 aromatic rings. The Bertz CT molecular complexity index is 1390. The number of hydrogen-bond acceptors (Lipinski definition) is 7. The lowest BCUT2D eigenvalue weighted by atomic mass is 9.58. The number of hydrogen-bond donors (Lipinski definition) is 2. The predicted molar refractivity (Wildman–Crippen MR) is 165 cm³/mol. The van der Waals surface area contributed by atoms with E-state index in [1.165, 1.54) is 35.7 Å². The summed E-state index contributed by atoms with van der Waals surface area (Å²) in [5, 5.41) is 3.06. The first-order chi connectivity index (χ1) is 19.4. The molecule has 2 unspecified atom stereocenters. The highest BCUT2D eigenvalue weighted by Crippen LogP contribution is 2.51. The van der Waals surface area contributed by atoms with Crippen LogP contribution < -0.4 is 14.8 Å². The maximum Gasteiger partial charge on any atom is 0.407 e. The van der Waals surface area contributed by atoms with Gasteiger partial charge in [-0.2, -0.15) is 4.98 Å². The van der Waals surface area contributed by atoms with E-state index in [-0.39, 0.29) is 28.9 Å². The van der Waals surface area contributed by atoms with Crippen LogP contribution in [0.25, 0.3) is 11.3 Å². The molecule has 0 spiro atoms. The van der Waals surface area contributed by atoms with Crippen molar-refractivity contribution in [3.63, 3.8) is 0 Å². The number of aromatic nitrogens is 2. The SMILES string of the molecule is COC(=O)NC1(C)CC(C2c3cccc(c3)SNc3nc(cc(-c4c(C)cccc4C)n3)OCC2CC(C)(C)C)C1. The number of carbonyl (C=O) groups is 1. The van der Waals surface area contributed by atoms with E-state index in [1.807, 2.05) is 6.07 Å². The lowest BCUT2D eigenvalue weighted by molar-refractivity contribution is 0.0507. The Balaban J connectivity index is 1.53. The number of methoxy groups -OCH3 is 1. The molecule has 218 valence electrons. The molecule has 1 amide bonds. The zero-order valence-electron chi connectivity index (χ0n) is 25.2. The molecular weight excluding hydrogens is 532 g/mol. The second kappa shape index (κ2) is 11.6. The molecule has 7 nitrogen and oxygen atoms in total. The van der Waals surface area contributed by atoms with Crippen molar-refractivity contribution in [2.75, 3.05) is 18.4 Å². The number of nitrogens with one attached hydrogen (secondary N) is 2. The average molecular weight is 575 g/mol.